The maximum absolute atomic E-state index is 13.6. The molecule has 0 spiro atoms. The van der Waals surface area contributed by atoms with Gasteiger partial charge in [-0.1, -0.05) is 340 Å². The van der Waals surface area contributed by atoms with E-state index in [0.717, 1.165) is 64.2 Å². The van der Waals surface area contributed by atoms with Crippen LogP contribution in [0.5, 0.6) is 0 Å². The number of rotatable bonds is 69. The minimum absolute atomic E-state index is 0.0185. The van der Waals surface area contributed by atoms with Gasteiger partial charge >= 0.3 is 5.97 Å². The van der Waals surface area contributed by atoms with E-state index in [1.807, 2.05) is 33.3 Å². The van der Waals surface area contributed by atoms with E-state index in [1.54, 1.807) is 0 Å². The first kappa shape index (κ1) is 83.2. The van der Waals surface area contributed by atoms with Crippen LogP contribution in [-0.2, 0) is 27.9 Å². The number of unbranched alkanes of at least 4 members (excludes halogenated alkanes) is 49. The van der Waals surface area contributed by atoms with Crippen molar-refractivity contribution in [2.45, 2.75) is 392 Å². The van der Waals surface area contributed by atoms with Crippen LogP contribution in [0.3, 0.4) is 0 Å². The molecule has 0 heterocycles. The van der Waals surface area contributed by atoms with Gasteiger partial charge in [-0.3, -0.25) is 14.2 Å². The second-order valence-electron chi connectivity index (χ2n) is 26.8. The number of esters is 1. The van der Waals surface area contributed by atoms with Gasteiger partial charge in [0.25, 0.3) is 7.82 Å². The molecule has 0 fully saturated rings. The van der Waals surface area contributed by atoms with Crippen molar-refractivity contribution in [2.24, 2.45) is 0 Å². The number of allylic oxidation sites excluding steroid dienone is 5. The molecule has 1 N–H and O–H groups in total. The molecule has 0 aromatic heterocycles. The maximum Gasteiger partial charge on any atom is 0.306 e. The largest absolute Gasteiger partial charge is 0.756 e. The summed E-state index contributed by atoms with van der Waals surface area (Å²) in [4.78, 5) is 40.2. The normalized spacial score (nSPS) is 13.6. The molecule has 0 saturated carbocycles. The molecule has 10 heteroatoms. The lowest BCUT2D eigenvalue weighted by atomic mass is 10.0. The molecule has 0 saturated heterocycles. The van der Waals surface area contributed by atoms with E-state index in [1.165, 1.54) is 283 Å². The number of quaternary nitrogens is 1. The zero-order chi connectivity index (χ0) is 62.1. The average molecular weight is 1220 g/mol. The van der Waals surface area contributed by atoms with Crippen molar-refractivity contribution in [1.29, 1.82) is 0 Å². The quantitative estimate of drug-likeness (QED) is 0.0212. The zero-order valence-electron chi connectivity index (χ0n) is 57.6. The minimum atomic E-state index is -4.70. The molecular formula is C75H145N2O7P. The lowest BCUT2D eigenvalue weighted by Crippen LogP contribution is -2.47. The van der Waals surface area contributed by atoms with E-state index in [4.69, 9.17) is 13.8 Å². The Morgan fingerprint density at radius 1 is 0.412 bits per heavy atom. The number of amides is 1. The van der Waals surface area contributed by atoms with Gasteiger partial charge in [0, 0.05) is 12.8 Å². The third-order valence-corrected chi connectivity index (χ3v) is 18.0. The first-order valence-electron chi connectivity index (χ1n) is 37.3. The highest BCUT2D eigenvalue weighted by molar-refractivity contribution is 7.45. The van der Waals surface area contributed by atoms with E-state index in [0.29, 0.717) is 17.4 Å². The molecule has 9 nitrogen and oxygen atoms in total. The van der Waals surface area contributed by atoms with Crippen LogP contribution in [-0.4, -0.2) is 69.4 Å². The van der Waals surface area contributed by atoms with Crippen LogP contribution in [0.4, 0.5) is 0 Å². The van der Waals surface area contributed by atoms with E-state index < -0.39 is 20.0 Å². The molecular weight excluding hydrogens is 1070 g/mol. The topological polar surface area (TPSA) is 114 Å². The number of ether oxygens (including phenoxy) is 1. The van der Waals surface area contributed by atoms with Crippen molar-refractivity contribution in [1.82, 2.24) is 5.32 Å². The maximum atomic E-state index is 13.6. The molecule has 1 amide bonds. The molecule has 0 aliphatic heterocycles. The third kappa shape index (κ3) is 66.5. The minimum Gasteiger partial charge on any atom is -0.756 e. The summed E-state index contributed by atoms with van der Waals surface area (Å²) in [6, 6.07) is -0.884. The van der Waals surface area contributed by atoms with Crippen molar-refractivity contribution in [3.8, 4) is 0 Å². The van der Waals surface area contributed by atoms with Gasteiger partial charge in [-0.05, 0) is 63.9 Å². The molecule has 3 atom stereocenters. The van der Waals surface area contributed by atoms with Crippen molar-refractivity contribution in [3.63, 3.8) is 0 Å². The molecule has 0 rings (SSSR count). The molecule has 0 bridgehead atoms. The van der Waals surface area contributed by atoms with Crippen LogP contribution in [0.15, 0.2) is 36.5 Å². The van der Waals surface area contributed by atoms with Crippen molar-refractivity contribution >= 4 is 19.7 Å². The fraction of sp³-hybridized carbons (Fsp3) is 0.893. The fourth-order valence-corrected chi connectivity index (χ4v) is 12.0. The van der Waals surface area contributed by atoms with Crippen molar-refractivity contribution in [3.05, 3.63) is 36.5 Å². The smallest absolute Gasteiger partial charge is 0.306 e. The molecule has 0 radical (unpaired) electrons. The van der Waals surface area contributed by atoms with Gasteiger partial charge in [0.1, 0.15) is 19.3 Å². The standard InChI is InChI=1S/C75H145N2O7P/c1-7-10-13-16-19-22-25-27-29-31-33-35-36-37-38-39-40-42-44-46-48-50-53-56-59-62-65-68-75(79)84-73(66-63-60-57-54-51-24-21-18-15-12-9-3)72(71-83-85(80,81)82-70-69-77(4,5)6)76-74(78)67-64-61-58-55-52-49-47-45-43-41-34-32-30-28-26-23-20-17-14-11-8-2/h19,22,27,29,63,66,72-73H,7-18,20-21,23-26,28,30-62,64-65,67-71H2,1-6H3,(H-,76,78,80,81)/b22-19-,29-27-,66-63+. The fourth-order valence-electron chi connectivity index (χ4n) is 11.3. The van der Waals surface area contributed by atoms with Gasteiger partial charge in [-0.15, -0.1) is 0 Å². The second-order valence-corrected chi connectivity index (χ2v) is 28.2. The van der Waals surface area contributed by atoms with Crippen LogP contribution < -0.4 is 10.2 Å². The van der Waals surface area contributed by atoms with Crippen molar-refractivity contribution in [2.75, 3.05) is 40.9 Å². The summed E-state index contributed by atoms with van der Waals surface area (Å²) in [7, 11) is 1.21. The van der Waals surface area contributed by atoms with Crippen LogP contribution in [0.25, 0.3) is 0 Å². The Balaban J connectivity index is 4.91. The summed E-state index contributed by atoms with van der Waals surface area (Å²) >= 11 is 0. The molecule has 0 aliphatic rings. The monoisotopic (exact) mass is 1220 g/mol. The summed E-state index contributed by atoms with van der Waals surface area (Å²) in [6.07, 6.45) is 81.4. The SMILES string of the molecule is CCCCC/C=C\C/C=C\CCCCCCCCCCCCCCCCCCCC(=O)OC(/C=C/CCCCCCCCCCC)C(COP(=O)([O-])OCC[N+](C)(C)C)NC(=O)CCCCCCCCCCCCCCCCCCCCCCC. The lowest BCUT2D eigenvalue weighted by molar-refractivity contribution is -0.870. The number of phosphoric ester groups is 1. The molecule has 0 aromatic carbocycles. The van der Waals surface area contributed by atoms with Gasteiger partial charge < -0.3 is 28.5 Å². The van der Waals surface area contributed by atoms with Gasteiger partial charge in [-0.2, -0.15) is 0 Å². The molecule has 3 unspecified atom stereocenters. The molecule has 0 aromatic rings. The van der Waals surface area contributed by atoms with Crippen LogP contribution >= 0.6 is 7.82 Å². The van der Waals surface area contributed by atoms with Crippen LogP contribution in [0, 0.1) is 0 Å². The number of likely N-dealkylation sites (N-methyl/N-ethyl adjacent to an activating group) is 1. The van der Waals surface area contributed by atoms with E-state index in [9.17, 15) is 19.0 Å². The highest BCUT2D eigenvalue weighted by Gasteiger charge is 2.27. The second kappa shape index (κ2) is 65.2. The van der Waals surface area contributed by atoms with Gasteiger partial charge in [0.2, 0.25) is 5.91 Å². The Labute approximate surface area is 529 Å². The summed E-state index contributed by atoms with van der Waals surface area (Å²) in [5.41, 5.74) is 0. The lowest BCUT2D eigenvalue weighted by Gasteiger charge is -2.30. The number of carbonyl (C=O) groups is 2. The van der Waals surface area contributed by atoms with E-state index >= 15 is 0 Å². The number of hydrogen-bond acceptors (Lipinski definition) is 7. The first-order chi connectivity index (χ1) is 41.4. The Hall–Kier alpha value is -1.77. The van der Waals surface area contributed by atoms with Gasteiger partial charge in [0.05, 0.1) is 33.8 Å². The average Bonchev–Trinajstić information content (AvgIpc) is 3.59. The van der Waals surface area contributed by atoms with Crippen LogP contribution in [0.2, 0.25) is 0 Å². The number of carbonyl (C=O) groups excluding carboxylic acids is 2. The third-order valence-electron chi connectivity index (χ3n) is 17.1. The Morgan fingerprint density at radius 3 is 1.08 bits per heavy atom. The summed E-state index contributed by atoms with van der Waals surface area (Å²) < 4.78 is 30.5. The predicted octanol–water partition coefficient (Wildman–Crippen LogP) is 23.2. The molecule has 0 aliphatic carbocycles. The number of phosphoric acid groups is 1. The Kier molecular flexibility index (Phi) is 63.8. The van der Waals surface area contributed by atoms with E-state index in [-0.39, 0.29) is 31.5 Å². The molecule has 85 heavy (non-hydrogen) atoms. The van der Waals surface area contributed by atoms with Gasteiger partial charge in [-0.25, -0.2) is 0 Å². The van der Waals surface area contributed by atoms with Gasteiger partial charge in [0.15, 0.2) is 0 Å². The predicted molar refractivity (Wildman–Crippen MR) is 367 cm³/mol. The summed E-state index contributed by atoms with van der Waals surface area (Å²) in [5, 5.41) is 3.05. The zero-order valence-corrected chi connectivity index (χ0v) is 58.5. The number of nitrogens with one attached hydrogen (secondary N) is 1. The number of hydrogen-bond donors (Lipinski definition) is 1. The highest BCUT2D eigenvalue weighted by Crippen LogP contribution is 2.38. The van der Waals surface area contributed by atoms with Crippen LogP contribution in [0.1, 0.15) is 380 Å². The van der Waals surface area contributed by atoms with Crippen molar-refractivity contribution < 1.29 is 37.3 Å². The number of nitrogens with zero attached hydrogens (tertiary/aromatic N) is 1. The van der Waals surface area contributed by atoms with E-state index in [2.05, 4.69) is 50.4 Å². The first-order valence-corrected chi connectivity index (χ1v) is 38.8. The molecule has 502 valence electrons. The Morgan fingerprint density at radius 2 is 0.718 bits per heavy atom. The Bertz CT molecular complexity index is 1550. The summed E-state index contributed by atoms with van der Waals surface area (Å²) in [5.74, 6) is -0.518. The highest BCUT2D eigenvalue weighted by atomic mass is 31.2. The summed E-state index contributed by atoms with van der Waals surface area (Å²) in [6.45, 7) is 6.88.